The van der Waals surface area contributed by atoms with Gasteiger partial charge in [0.1, 0.15) is 11.6 Å². The summed E-state index contributed by atoms with van der Waals surface area (Å²) in [6.45, 7) is 3.23. The van der Waals surface area contributed by atoms with E-state index in [1.54, 1.807) is 0 Å². The molecule has 0 amide bonds. The topological polar surface area (TPSA) is 21.3 Å². The summed E-state index contributed by atoms with van der Waals surface area (Å²) in [5.41, 5.74) is 0.623. The molecule has 1 unspecified atom stereocenters. The van der Waals surface area contributed by atoms with Crippen molar-refractivity contribution in [3.05, 3.63) is 35.4 Å². The highest BCUT2D eigenvalue weighted by Crippen LogP contribution is 2.20. The van der Waals surface area contributed by atoms with E-state index in [4.69, 9.17) is 4.74 Å². The summed E-state index contributed by atoms with van der Waals surface area (Å²) in [5, 5.41) is 3.22. The number of nitrogens with one attached hydrogen (secondary N) is 1. The maximum absolute atomic E-state index is 13.1. The van der Waals surface area contributed by atoms with E-state index in [2.05, 4.69) is 5.32 Å². The zero-order valence-electron chi connectivity index (χ0n) is 11.3. The van der Waals surface area contributed by atoms with Crippen molar-refractivity contribution in [2.75, 3.05) is 13.2 Å². The molecule has 1 atom stereocenters. The maximum atomic E-state index is 13.1. The molecule has 1 fully saturated rings. The Bertz CT molecular complexity index is 385. The summed E-state index contributed by atoms with van der Waals surface area (Å²) < 4.78 is 31.9. The van der Waals surface area contributed by atoms with Crippen molar-refractivity contribution in [3.63, 3.8) is 0 Å². The van der Waals surface area contributed by atoms with Gasteiger partial charge in [0, 0.05) is 18.7 Å². The standard InChI is InChI=1S/C15H21F2NO/c1-11(12-8-13(16)10-14(17)9-12)18-6-7-19-15-4-2-3-5-15/h8-11,15,18H,2-7H2,1H3. The number of halogens is 2. The summed E-state index contributed by atoms with van der Waals surface area (Å²) in [5.74, 6) is -1.07. The van der Waals surface area contributed by atoms with Crippen molar-refractivity contribution in [3.8, 4) is 0 Å². The highest BCUT2D eigenvalue weighted by molar-refractivity contribution is 5.20. The van der Waals surface area contributed by atoms with E-state index in [0.717, 1.165) is 18.9 Å². The summed E-state index contributed by atoms with van der Waals surface area (Å²) in [7, 11) is 0. The third kappa shape index (κ3) is 4.55. The fourth-order valence-electron chi connectivity index (χ4n) is 2.50. The molecular formula is C15H21F2NO. The first-order chi connectivity index (χ1) is 9.15. The molecule has 0 saturated heterocycles. The van der Waals surface area contributed by atoms with Crippen LogP contribution in [0.5, 0.6) is 0 Å². The number of hydrogen-bond donors (Lipinski definition) is 1. The van der Waals surface area contributed by atoms with Gasteiger partial charge in [-0.3, -0.25) is 0 Å². The highest BCUT2D eigenvalue weighted by Gasteiger charge is 2.15. The molecule has 2 nitrogen and oxygen atoms in total. The predicted molar refractivity (Wildman–Crippen MR) is 71.0 cm³/mol. The van der Waals surface area contributed by atoms with Crippen LogP contribution < -0.4 is 5.32 Å². The van der Waals surface area contributed by atoms with E-state index in [1.807, 2.05) is 6.92 Å². The van der Waals surface area contributed by atoms with E-state index in [1.165, 1.54) is 25.0 Å². The van der Waals surface area contributed by atoms with Crippen LogP contribution in [-0.2, 0) is 4.74 Å². The van der Waals surface area contributed by atoms with Crippen molar-refractivity contribution in [2.24, 2.45) is 0 Å². The Kier molecular flexibility index (Phi) is 5.28. The molecule has 2 rings (SSSR count). The van der Waals surface area contributed by atoms with Crippen LogP contribution in [0.15, 0.2) is 18.2 Å². The smallest absolute Gasteiger partial charge is 0.126 e. The lowest BCUT2D eigenvalue weighted by Crippen LogP contribution is -2.25. The third-order valence-corrected chi connectivity index (χ3v) is 3.59. The van der Waals surface area contributed by atoms with Crippen LogP contribution in [0.3, 0.4) is 0 Å². The number of benzene rings is 1. The van der Waals surface area contributed by atoms with Gasteiger partial charge < -0.3 is 10.1 Å². The maximum Gasteiger partial charge on any atom is 0.126 e. The van der Waals surface area contributed by atoms with E-state index in [9.17, 15) is 8.78 Å². The average Bonchev–Trinajstić information content (AvgIpc) is 2.86. The molecule has 1 aromatic carbocycles. The van der Waals surface area contributed by atoms with Crippen molar-refractivity contribution >= 4 is 0 Å². The molecule has 1 saturated carbocycles. The zero-order valence-corrected chi connectivity index (χ0v) is 11.3. The second-order valence-corrected chi connectivity index (χ2v) is 5.16. The number of hydrogen-bond acceptors (Lipinski definition) is 2. The molecule has 1 aromatic rings. The Morgan fingerprint density at radius 3 is 2.47 bits per heavy atom. The van der Waals surface area contributed by atoms with E-state index in [0.29, 0.717) is 24.8 Å². The summed E-state index contributed by atoms with van der Waals surface area (Å²) in [6.07, 6.45) is 5.24. The first kappa shape index (κ1) is 14.4. The lowest BCUT2D eigenvalue weighted by Gasteiger charge is -2.16. The minimum Gasteiger partial charge on any atom is -0.377 e. The van der Waals surface area contributed by atoms with Gasteiger partial charge in [0.15, 0.2) is 0 Å². The van der Waals surface area contributed by atoms with Crippen molar-refractivity contribution in [1.29, 1.82) is 0 Å². The Hall–Kier alpha value is -1.00. The Morgan fingerprint density at radius 2 is 1.84 bits per heavy atom. The second-order valence-electron chi connectivity index (χ2n) is 5.16. The van der Waals surface area contributed by atoms with Crippen LogP contribution in [-0.4, -0.2) is 19.3 Å². The molecule has 0 heterocycles. The molecule has 1 aliphatic rings. The Labute approximate surface area is 113 Å². The summed E-state index contributed by atoms with van der Waals surface area (Å²) >= 11 is 0. The molecule has 0 aromatic heterocycles. The van der Waals surface area contributed by atoms with Crippen molar-refractivity contribution in [1.82, 2.24) is 5.32 Å². The predicted octanol–water partition coefficient (Wildman–Crippen LogP) is 3.57. The average molecular weight is 269 g/mol. The highest BCUT2D eigenvalue weighted by atomic mass is 19.1. The molecule has 0 bridgehead atoms. The summed E-state index contributed by atoms with van der Waals surface area (Å²) in [4.78, 5) is 0. The number of ether oxygens (including phenoxy) is 1. The lowest BCUT2D eigenvalue weighted by atomic mass is 10.1. The lowest BCUT2D eigenvalue weighted by molar-refractivity contribution is 0.0593. The molecule has 1 N–H and O–H groups in total. The van der Waals surface area contributed by atoms with Gasteiger partial charge in [-0.15, -0.1) is 0 Å². The van der Waals surface area contributed by atoms with Gasteiger partial charge in [-0.1, -0.05) is 12.8 Å². The fraction of sp³-hybridized carbons (Fsp3) is 0.600. The largest absolute Gasteiger partial charge is 0.377 e. The minimum absolute atomic E-state index is 0.0858. The van der Waals surface area contributed by atoms with Crippen LogP contribution in [0, 0.1) is 11.6 Å². The first-order valence-corrected chi connectivity index (χ1v) is 6.96. The molecule has 0 aliphatic heterocycles. The van der Waals surface area contributed by atoms with Crippen LogP contribution in [0.1, 0.15) is 44.2 Å². The van der Waals surface area contributed by atoms with Crippen LogP contribution >= 0.6 is 0 Å². The molecular weight excluding hydrogens is 248 g/mol. The van der Waals surface area contributed by atoms with E-state index < -0.39 is 11.6 Å². The molecule has 106 valence electrons. The molecule has 1 aliphatic carbocycles. The third-order valence-electron chi connectivity index (χ3n) is 3.59. The molecule has 19 heavy (non-hydrogen) atoms. The van der Waals surface area contributed by atoms with Gasteiger partial charge >= 0.3 is 0 Å². The van der Waals surface area contributed by atoms with Gasteiger partial charge in [-0.2, -0.15) is 0 Å². The molecule has 0 radical (unpaired) electrons. The molecule has 0 spiro atoms. The van der Waals surface area contributed by atoms with Crippen molar-refractivity contribution < 1.29 is 13.5 Å². The quantitative estimate of drug-likeness (QED) is 0.797. The van der Waals surface area contributed by atoms with Gasteiger partial charge in [-0.25, -0.2) is 8.78 Å². The minimum atomic E-state index is -0.536. The molecule has 4 heteroatoms. The van der Waals surface area contributed by atoms with Crippen LogP contribution in [0.4, 0.5) is 8.78 Å². The van der Waals surface area contributed by atoms with Gasteiger partial charge in [0.2, 0.25) is 0 Å². The second kappa shape index (κ2) is 6.96. The fourth-order valence-corrected chi connectivity index (χ4v) is 2.50. The Balaban J connectivity index is 1.72. The van der Waals surface area contributed by atoms with E-state index >= 15 is 0 Å². The Morgan fingerprint density at radius 1 is 1.21 bits per heavy atom. The van der Waals surface area contributed by atoms with Crippen LogP contribution in [0.2, 0.25) is 0 Å². The van der Waals surface area contributed by atoms with Gasteiger partial charge in [-0.05, 0) is 37.5 Å². The zero-order chi connectivity index (χ0) is 13.7. The van der Waals surface area contributed by atoms with Gasteiger partial charge in [0.25, 0.3) is 0 Å². The normalized spacial score (nSPS) is 17.8. The first-order valence-electron chi connectivity index (χ1n) is 6.96. The SMILES string of the molecule is CC(NCCOC1CCCC1)c1cc(F)cc(F)c1. The van der Waals surface area contributed by atoms with Crippen LogP contribution in [0.25, 0.3) is 0 Å². The number of rotatable bonds is 6. The van der Waals surface area contributed by atoms with Crippen molar-refractivity contribution in [2.45, 2.75) is 44.8 Å². The monoisotopic (exact) mass is 269 g/mol. The summed E-state index contributed by atoms with van der Waals surface area (Å²) in [6, 6.07) is 3.52. The van der Waals surface area contributed by atoms with Gasteiger partial charge in [0.05, 0.1) is 12.7 Å². The van der Waals surface area contributed by atoms with E-state index in [-0.39, 0.29) is 6.04 Å².